The van der Waals surface area contributed by atoms with Gasteiger partial charge in [-0.1, -0.05) is 20.8 Å². The Balaban J connectivity index is 2.12. The van der Waals surface area contributed by atoms with Crippen LogP contribution in [0.15, 0.2) is 0 Å². The molecule has 1 heterocycles. The normalized spacial score (nSPS) is 19.6. The number of hydrogen-bond acceptors (Lipinski definition) is 4. The Bertz CT molecular complexity index is 357. The second kappa shape index (κ2) is 5.44. The molecule has 1 fully saturated rings. The van der Waals surface area contributed by atoms with E-state index in [1.807, 2.05) is 0 Å². The molecule has 1 aromatic rings. The first-order chi connectivity index (χ1) is 8.13. The summed E-state index contributed by atoms with van der Waals surface area (Å²) in [4.78, 5) is 4.76. The number of hydrogen-bond donors (Lipinski definition) is 1. The van der Waals surface area contributed by atoms with Crippen molar-refractivity contribution in [2.24, 2.45) is 5.92 Å². The molecule has 2 rings (SSSR count). The van der Waals surface area contributed by atoms with E-state index in [1.54, 1.807) is 11.5 Å². The van der Waals surface area contributed by atoms with Crippen molar-refractivity contribution in [2.75, 3.05) is 6.54 Å². The summed E-state index contributed by atoms with van der Waals surface area (Å²) in [6.07, 6.45) is 2.57. The molecule has 1 N–H and O–H groups in total. The predicted octanol–water partition coefficient (Wildman–Crippen LogP) is 3.15. The zero-order valence-electron chi connectivity index (χ0n) is 11.2. The molecule has 3 nitrogen and oxygen atoms in total. The first kappa shape index (κ1) is 13.0. The zero-order chi connectivity index (χ0) is 12.4. The van der Waals surface area contributed by atoms with Crippen molar-refractivity contribution in [3.63, 3.8) is 0 Å². The molecule has 1 aliphatic carbocycles. The molecule has 1 aromatic heterocycles. The van der Waals surface area contributed by atoms with Crippen LogP contribution in [0, 0.1) is 5.92 Å². The molecule has 0 saturated heterocycles. The molecule has 0 aromatic carbocycles. The molecule has 0 spiro atoms. The Kier molecular flexibility index (Phi) is 4.15. The first-order valence-corrected chi connectivity index (χ1v) is 7.47. The van der Waals surface area contributed by atoms with E-state index in [0.717, 1.165) is 12.4 Å². The van der Waals surface area contributed by atoms with Crippen LogP contribution in [-0.4, -0.2) is 21.9 Å². The minimum atomic E-state index is 0.472. The molecule has 0 aliphatic heterocycles. The highest BCUT2D eigenvalue weighted by Crippen LogP contribution is 2.40. The Morgan fingerprint density at radius 2 is 2.06 bits per heavy atom. The SMILES string of the molecule is CCNC(C)C(c1nc(C2CC2)ns1)C(C)C. The van der Waals surface area contributed by atoms with E-state index in [4.69, 9.17) is 4.98 Å². The van der Waals surface area contributed by atoms with Crippen LogP contribution in [0.4, 0.5) is 0 Å². The summed E-state index contributed by atoms with van der Waals surface area (Å²) in [6, 6.07) is 0.472. The minimum Gasteiger partial charge on any atom is -0.314 e. The molecule has 2 atom stereocenters. The van der Waals surface area contributed by atoms with Crippen molar-refractivity contribution in [1.29, 1.82) is 0 Å². The summed E-state index contributed by atoms with van der Waals surface area (Å²) in [5.41, 5.74) is 0. The van der Waals surface area contributed by atoms with Crippen LogP contribution in [0.5, 0.6) is 0 Å². The predicted molar refractivity (Wildman–Crippen MR) is 72.6 cm³/mol. The van der Waals surface area contributed by atoms with Gasteiger partial charge in [0, 0.05) is 17.9 Å². The highest BCUT2D eigenvalue weighted by atomic mass is 32.1. The van der Waals surface area contributed by atoms with Gasteiger partial charge in [0.1, 0.15) is 10.8 Å². The van der Waals surface area contributed by atoms with E-state index in [1.165, 1.54) is 17.8 Å². The highest BCUT2D eigenvalue weighted by Gasteiger charge is 2.31. The molecule has 4 heteroatoms. The van der Waals surface area contributed by atoms with Crippen LogP contribution in [-0.2, 0) is 0 Å². The lowest BCUT2D eigenvalue weighted by molar-refractivity contribution is 0.381. The fourth-order valence-electron chi connectivity index (χ4n) is 2.42. The van der Waals surface area contributed by atoms with Crippen molar-refractivity contribution < 1.29 is 0 Å². The maximum Gasteiger partial charge on any atom is 0.145 e. The van der Waals surface area contributed by atoms with E-state index < -0.39 is 0 Å². The number of rotatable bonds is 6. The van der Waals surface area contributed by atoms with Gasteiger partial charge in [-0.25, -0.2) is 4.98 Å². The molecule has 96 valence electrons. The third kappa shape index (κ3) is 3.05. The van der Waals surface area contributed by atoms with Crippen LogP contribution in [0.25, 0.3) is 0 Å². The van der Waals surface area contributed by atoms with Gasteiger partial charge in [-0.3, -0.25) is 0 Å². The van der Waals surface area contributed by atoms with E-state index >= 15 is 0 Å². The summed E-state index contributed by atoms with van der Waals surface area (Å²) in [6.45, 7) is 9.97. The lowest BCUT2D eigenvalue weighted by Crippen LogP contribution is -2.34. The molecule has 0 radical (unpaired) electrons. The van der Waals surface area contributed by atoms with Crippen LogP contribution in [0.2, 0.25) is 0 Å². The summed E-state index contributed by atoms with van der Waals surface area (Å²) in [5.74, 6) is 2.85. The Morgan fingerprint density at radius 3 is 2.59 bits per heavy atom. The Morgan fingerprint density at radius 1 is 1.35 bits per heavy atom. The van der Waals surface area contributed by atoms with Gasteiger partial charge < -0.3 is 5.32 Å². The van der Waals surface area contributed by atoms with Crippen LogP contribution >= 0.6 is 11.5 Å². The summed E-state index contributed by atoms with van der Waals surface area (Å²) >= 11 is 1.61. The largest absolute Gasteiger partial charge is 0.314 e. The molecular formula is C13H23N3S. The van der Waals surface area contributed by atoms with E-state index in [-0.39, 0.29) is 0 Å². The van der Waals surface area contributed by atoms with E-state index in [9.17, 15) is 0 Å². The van der Waals surface area contributed by atoms with Crippen molar-refractivity contribution in [2.45, 2.75) is 58.4 Å². The second-order valence-corrected chi connectivity index (χ2v) is 6.16. The molecular weight excluding hydrogens is 230 g/mol. The highest BCUT2D eigenvalue weighted by molar-refractivity contribution is 7.05. The van der Waals surface area contributed by atoms with E-state index in [2.05, 4.69) is 37.4 Å². The standard InChI is InChI=1S/C13H23N3S/c1-5-14-9(4)11(8(2)3)13-15-12(16-17-13)10-6-7-10/h8-11,14H,5-7H2,1-4H3. The Hall–Kier alpha value is -0.480. The molecule has 2 unspecified atom stereocenters. The van der Waals surface area contributed by atoms with Crippen LogP contribution in [0.3, 0.4) is 0 Å². The second-order valence-electron chi connectivity index (χ2n) is 5.38. The maximum absolute atomic E-state index is 4.76. The molecule has 0 bridgehead atoms. The van der Waals surface area contributed by atoms with E-state index in [0.29, 0.717) is 23.8 Å². The quantitative estimate of drug-likeness (QED) is 0.846. The van der Waals surface area contributed by atoms with Gasteiger partial charge in [-0.2, -0.15) is 4.37 Å². The third-order valence-corrected chi connectivity index (χ3v) is 4.30. The van der Waals surface area contributed by atoms with Crippen molar-refractivity contribution in [1.82, 2.24) is 14.7 Å². The van der Waals surface area contributed by atoms with Crippen molar-refractivity contribution in [3.05, 3.63) is 10.8 Å². The van der Waals surface area contributed by atoms with Gasteiger partial charge in [0.15, 0.2) is 0 Å². The van der Waals surface area contributed by atoms with Crippen molar-refractivity contribution >= 4 is 11.5 Å². The van der Waals surface area contributed by atoms with Gasteiger partial charge in [0.2, 0.25) is 0 Å². The average molecular weight is 253 g/mol. The van der Waals surface area contributed by atoms with Crippen molar-refractivity contribution in [3.8, 4) is 0 Å². The van der Waals surface area contributed by atoms with Gasteiger partial charge in [0.05, 0.1) is 0 Å². The van der Waals surface area contributed by atoms with Gasteiger partial charge in [-0.15, -0.1) is 0 Å². The number of likely N-dealkylation sites (N-methyl/N-ethyl adjacent to an activating group) is 1. The zero-order valence-corrected chi connectivity index (χ0v) is 12.0. The van der Waals surface area contributed by atoms with Crippen LogP contribution < -0.4 is 5.32 Å². The molecule has 1 saturated carbocycles. The first-order valence-electron chi connectivity index (χ1n) is 6.70. The fourth-order valence-corrected chi connectivity index (χ4v) is 3.52. The topological polar surface area (TPSA) is 37.8 Å². The number of nitrogens with zero attached hydrogens (tertiary/aromatic N) is 2. The number of nitrogens with one attached hydrogen (secondary N) is 1. The monoisotopic (exact) mass is 253 g/mol. The van der Waals surface area contributed by atoms with Gasteiger partial charge >= 0.3 is 0 Å². The smallest absolute Gasteiger partial charge is 0.145 e. The van der Waals surface area contributed by atoms with Gasteiger partial charge in [0.25, 0.3) is 0 Å². The third-order valence-electron chi connectivity index (χ3n) is 3.47. The average Bonchev–Trinajstić information content (AvgIpc) is 3.00. The summed E-state index contributed by atoms with van der Waals surface area (Å²) < 4.78 is 4.53. The molecule has 0 amide bonds. The summed E-state index contributed by atoms with van der Waals surface area (Å²) in [5, 5.41) is 4.74. The number of aromatic nitrogens is 2. The van der Waals surface area contributed by atoms with Crippen LogP contribution in [0.1, 0.15) is 63.2 Å². The maximum atomic E-state index is 4.76. The van der Waals surface area contributed by atoms with Gasteiger partial charge in [-0.05, 0) is 43.8 Å². The lowest BCUT2D eigenvalue weighted by Gasteiger charge is -2.25. The summed E-state index contributed by atoms with van der Waals surface area (Å²) in [7, 11) is 0. The fraction of sp³-hybridized carbons (Fsp3) is 0.846. The lowest BCUT2D eigenvalue weighted by atomic mass is 9.90. The molecule has 17 heavy (non-hydrogen) atoms. The molecule has 1 aliphatic rings. The Labute approximate surface area is 108 Å². The minimum absolute atomic E-state index is 0.472.